The summed E-state index contributed by atoms with van der Waals surface area (Å²) >= 11 is 1.25. The number of carbonyl (C=O) groups is 2. The zero-order valence-electron chi connectivity index (χ0n) is 18.4. The molecule has 0 saturated carbocycles. The lowest BCUT2D eigenvalue weighted by molar-refractivity contribution is 0.0240. The van der Waals surface area contributed by atoms with Crippen molar-refractivity contribution in [1.29, 1.82) is 0 Å². The Morgan fingerprint density at radius 1 is 1.06 bits per heavy atom. The summed E-state index contributed by atoms with van der Waals surface area (Å²) in [5.74, 6) is -0.211. The SMILES string of the molecule is CC(C)(C)OC(=O)N1CCN(c2cc(SNNC(=O)c3ccc(O)cc3)ccc2N)CC1. The number of nitrogens with one attached hydrogen (secondary N) is 2. The van der Waals surface area contributed by atoms with E-state index in [1.54, 1.807) is 4.90 Å². The Morgan fingerprint density at radius 2 is 1.72 bits per heavy atom. The number of benzene rings is 2. The van der Waals surface area contributed by atoms with Gasteiger partial charge in [0.1, 0.15) is 11.4 Å². The number of rotatable bonds is 5. The van der Waals surface area contributed by atoms with Crippen LogP contribution in [-0.2, 0) is 4.74 Å². The summed E-state index contributed by atoms with van der Waals surface area (Å²) in [6, 6.07) is 11.6. The highest BCUT2D eigenvalue weighted by molar-refractivity contribution is 7.97. The molecule has 0 unspecified atom stereocenters. The lowest BCUT2D eigenvalue weighted by Gasteiger charge is -2.37. The first-order chi connectivity index (χ1) is 15.1. The molecule has 1 aliphatic rings. The molecule has 0 spiro atoms. The molecule has 2 aromatic rings. The first-order valence-corrected chi connectivity index (χ1v) is 11.1. The second-order valence-electron chi connectivity index (χ2n) is 8.38. The molecule has 172 valence electrons. The molecule has 2 amide bonds. The van der Waals surface area contributed by atoms with Crippen LogP contribution in [0.15, 0.2) is 47.4 Å². The molecule has 1 heterocycles. The average Bonchev–Trinajstić information content (AvgIpc) is 2.74. The van der Waals surface area contributed by atoms with Gasteiger partial charge in [-0.1, -0.05) is 0 Å². The van der Waals surface area contributed by atoms with Crippen LogP contribution in [0.3, 0.4) is 0 Å². The predicted octanol–water partition coefficient (Wildman–Crippen LogP) is 2.97. The van der Waals surface area contributed by atoms with E-state index in [9.17, 15) is 14.7 Å². The molecule has 32 heavy (non-hydrogen) atoms. The normalized spacial score (nSPS) is 14.2. The molecule has 1 aliphatic heterocycles. The number of ether oxygens (including phenoxy) is 1. The van der Waals surface area contributed by atoms with Gasteiger partial charge in [0.05, 0.1) is 11.4 Å². The Bertz CT molecular complexity index is 954. The largest absolute Gasteiger partial charge is 0.508 e. The first kappa shape index (κ1) is 23.6. The molecule has 0 atom stereocenters. The number of amides is 2. The van der Waals surface area contributed by atoms with Crippen molar-refractivity contribution in [2.24, 2.45) is 0 Å². The fourth-order valence-corrected chi connectivity index (χ4v) is 3.70. The van der Waals surface area contributed by atoms with Gasteiger partial charge in [0.15, 0.2) is 0 Å². The highest BCUT2D eigenvalue weighted by Gasteiger charge is 2.26. The number of nitrogen functional groups attached to an aromatic ring is 1. The Kier molecular flexibility index (Phi) is 7.37. The molecule has 1 fully saturated rings. The molecule has 2 aromatic carbocycles. The van der Waals surface area contributed by atoms with Crippen molar-refractivity contribution < 1.29 is 19.4 Å². The van der Waals surface area contributed by atoms with E-state index in [1.165, 1.54) is 36.2 Å². The van der Waals surface area contributed by atoms with Crippen LogP contribution in [-0.4, -0.2) is 53.8 Å². The van der Waals surface area contributed by atoms with Crippen molar-refractivity contribution >= 4 is 35.3 Å². The highest BCUT2D eigenvalue weighted by atomic mass is 32.2. The van der Waals surface area contributed by atoms with E-state index in [4.69, 9.17) is 10.5 Å². The van der Waals surface area contributed by atoms with E-state index < -0.39 is 5.60 Å². The third-order valence-corrected chi connectivity index (χ3v) is 5.43. The van der Waals surface area contributed by atoms with Crippen molar-refractivity contribution in [3.8, 4) is 5.75 Å². The van der Waals surface area contributed by atoms with Crippen molar-refractivity contribution in [2.75, 3.05) is 36.8 Å². The number of phenols is 1. The van der Waals surface area contributed by atoms with Gasteiger partial charge in [-0.2, -0.15) is 4.83 Å². The molecule has 9 nitrogen and oxygen atoms in total. The van der Waals surface area contributed by atoms with Crippen LogP contribution in [0, 0.1) is 0 Å². The average molecular weight is 460 g/mol. The van der Waals surface area contributed by atoms with Gasteiger partial charge in [0.2, 0.25) is 0 Å². The molecule has 0 bridgehead atoms. The minimum absolute atomic E-state index is 0.102. The van der Waals surface area contributed by atoms with E-state index in [0.717, 1.165) is 10.6 Å². The molecule has 5 N–H and O–H groups in total. The lowest BCUT2D eigenvalue weighted by atomic mass is 10.2. The van der Waals surface area contributed by atoms with Gasteiger partial charge in [0.25, 0.3) is 5.91 Å². The van der Waals surface area contributed by atoms with Crippen molar-refractivity contribution in [3.05, 3.63) is 48.0 Å². The Morgan fingerprint density at radius 3 is 2.34 bits per heavy atom. The smallest absolute Gasteiger partial charge is 0.410 e. The molecule has 1 saturated heterocycles. The maximum atomic E-state index is 12.3. The molecule has 10 heteroatoms. The van der Waals surface area contributed by atoms with E-state index >= 15 is 0 Å². The summed E-state index contributed by atoms with van der Waals surface area (Å²) < 4.78 is 5.45. The molecular formula is C22H29N5O4S. The summed E-state index contributed by atoms with van der Waals surface area (Å²) in [4.78, 5) is 32.0. The van der Waals surface area contributed by atoms with Crippen LogP contribution >= 0.6 is 11.9 Å². The predicted molar refractivity (Wildman–Crippen MR) is 125 cm³/mol. The Hall–Kier alpha value is -3.11. The highest BCUT2D eigenvalue weighted by Crippen LogP contribution is 2.29. The number of hydrogen-bond donors (Lipinski definition) is 4. The van der Waals surface area contributed by atoms with Gasteiger partial charge >= 0.3 is 6.09 Å². The molecular weight excluding hydrogens is 430 g/mol. The number of carbonyl (C=O) groups excluding carboxylic acids is 2. The van der Waals surface area contributed by atoms with Gasteiger partial charge in [-0.05, 0) is 75.2 Å². The van der Waals surface area contributed by atoms with Crippen LogP contribution < -0.4 is 20.9 Å². The number of hydrogen-bond acceptors (Lipinski definition) is 8. The van der Waals surface area contributed by atoms with Crippen LogP contribution in [0.4, 0.5) is 16.2 Å². The summed E-state index contributed by atoms with van der Waals surface area (Å²) in [6.45, 7) is 7.94. The molecule has 3 rings (SSSR count). The summed E-state index contributed by atoms with van der Waals surface area (Å²) in [6.07, 6.45) is -0.303. The lowest BCUT2D eigenvalue weighted by Crippen LogP contribution is -2.50. The molecule has 0 aliphatic carbocycles. The monoisotopic (exact) mass is 459 g/mol. The van der Waals surface area contributed by atoms with Crippen LogP contribution in [0.1, 0.15) is 31.1 Å². The summed E-state index contributed by atoms with van der Waals surface area (Å²) in [7, 11) is 0. The van der Waals surface area contributed by atoms with E-state index in [2.05, 4.69) is 15.2 Å². The van der Waals surface area contributed by atoms with Gasteiger partial charge < -0.3 is 25.4 Å². The Labute approximate surface area is 192 Å². The number of nitrogens with zero attached hydrogens (tertiary/aromatic N) is 2. The standard InChI is InChI=1S/C22H29N5O4S/c1-22(2,3)31-21(30)27-12-10-26(11-13-27)19-14-17(8-9-18(19)23)32-25-24-20(29)15-4-6-16(28)7-5-15/h4-9,14,25,28H,10-13,23H2,1-3H3,(H,24,29). The second-order valence-corrected chi connectivity index (χ2v) is 9.26. The zero-order valence-corrected chi connectivity index (χ0v) is 19.2. The van der Waals surface area contributed by atoms with Crippen molar-refractivity contribution in [1.82, 2.24) is 15.2 Å². The van der Waals surface area contributed by atoms with E-state index in [0.29, 0.717) is 37.4 Å². The van der Waals surface area contributed by atoms with Crippen LogP contribution in [0.25, 0.3) is 0 Å². The summed E-state index contributed by atoms with van der Waals surface area (Å²) in [5, 5.41) is 9.31. The molecule has 0 radical (unpaired) electrons. The number of hydrazine groups is 1. The fraction of sp³-hybridized carbons (Fsp3) is 0.364. The second kappa shape index (κ2) is 10.0. The topological polar surface area (TPSA) is 120 Å². The van der Waals surface area contributed by atoms with Gasteiger partial charge in [-0.15, -0.1) is 0 Å². The van der Waals surface area contributed by atoms with Crippen LogP contribution in [0.2, 0.25) is 0 Å². The van der Waals surface area contributed by atoms with Gasteiger partial charge in [-0.25, -0.2) is 4.79 Å². The third-order valence-electron chi connectivity index (χ3n) is 4.74. The number of anilines is 2. The van der Waals surface area contributed by atoms with Gasteiger partial charge in [0, 0.05) is 36.6 Å². The minimum Gasteiger partial charge on any atom is -0.508 e. The maximum Gasteiger partial charge on any atom is 0.410 e. The van der Waals surface area contributed by atoms with E-state index in [1.807, 2.05) is 39.0 Å². The Balaban J connectivity index is 1.54. The number of nitrogens with two attached hydrogens (primary N) is 1. The molecule has 0 aromatic heterocycles. The number of aromatic hydroxyl groups is 1. The van der Waals surface area contributed by atoms with Crippen molar-refractivity contribution in [2.45, 2.75) is 31.3 Å². The maximum absolute atomic E-state index is 12.3. The van der Waals surface area contributed by atoms with Crippen LogP contribution in [0.5, 0.6) is 5.75 Å². The number of piperazine rings is 1. The first-order valence-electron chi connectivity index (χ1n) is 10.3. The third kappa shape index (κ3) is 6.44. The quantitative estimate of drug-likeness (QED) is 0.306. The van der Waals surface area contributed by atoms with Crippen molar-refractivity contribution in [3.63, 3.8) is 0 Å². The minimum atomic E-state index is -0.519. The summed E-state index contributed by atoms with van der Waals surface area (Å²) in [5.41, 5.74) is 10.2. The zero-order chi connectivity index (χ0) is 23.3. The van der Waals surface area contributed by atoms with Gasteiger partial charge in [-0.3, -0.25) is 10.2 Å². The fourth-order valence-electron chi connectivity index (χ4n) is 3.13. The number of phenolic OH excluding ortho intramolecular Hbond substituents is 1. The van der Waals surface area contributed by atoms with E-state index in [-0.39, 0.29) is 17.7 Å².